The fourth-order valence-electron chi connectivity index (χ4n) is 4.39. The Hall–Kier alpha value is -5.11. The third-order valence-electron chi connectivity index (χ3n) is 6.50. The number of rotatable bonds is 15. The van der Waals surface area contributed by atoms with E-state index in [-0.39, 0.29) is 26.4 Å². The van der Waals surface area contributed by atoms with E-state index in [2.05, 4.69) is 0 Å². The van der Waals surface area contributed by atoms with Crippen molar-refractivity contribution in [1.29, 1.82) is 5.41 Å². The first-order chi connectivity index (χ1) is 20.9. The maximum atomic E-state index is 12.8. The number of carbonyl (C=O) groups excluding carboxylic acids is 2. The largest absolute Gasteiger partial charge is 0.489 e. The first kappa shape index (κ1) is 30.8. The number of hydrogen-bond acceptors (Lipinski definition) is 8. The molecular weight excluding hydrogens is 546 g/mol. The molecule has 8 nitrogen and oxygen atoms in total. The van der Waals surface area contributed by atoms with Crippen LogP contribution in [0.15, 0.2) is 84.9 Å². The molecule has 4 aromatic rings. The number of para-hydroxylation sites is 1. The summed E-state index contributed by atoms with van der Waals surface area (Å²) in [4.78, 5) is 24.4. The topological polar surface area (TPSA) is 104 Å². The highest BCUT2D eigenvalue weighted by atomic mass is 16.5. The minimum absolute atomic E-state index is 0.176. The van der Waals surface area contributed by atoms with Crippen LogP contribution in [0.3, 0.4) is 0 Å². The Labute approximate surface area is 251 Å². The van der Waals surface area contributed by atoms with Crippen LogP contribution in [0.25, 0.3) is 0 Å². The van der Waals surface area contributed by atoms with Gasteiger partial charge in [-0.3, -0.25) is 4.79 Å². The number of Topliss-reactive ketones (excluding diaryl/α,β-unsaturated/α-hetero) is 1. The molecule has 0 aliphatic carbocycles. The molecule has 0 aromatic heterocycles. The molecule has 4 rings (SSSR count). The van der Waals surface area contributed by atoms with E-state index in [1.807, 2.05) is 86.6 Å². The van der Waals surface area contributed by atoms with Crippen molar-refractivity contribution >= 4 is 18.0 Å². The van der Waals surface area contributed by atoms with E-state index in [1.54, 1.807) is 19.1 Å². The van der Waals surface area contributed by atoms with Gasteiger partial charge in [0, 0.05) is 11.6 Å². The zero-order valence-electron chi connectivity index (χ0n) is 24.6. The minimum atomic E-state index is -0.458. The van der Waals surface area contributed by atoms with Crippen LogP contribution < -0.4 is 18.9 Å². The normalized spacial score (nSPS) is 10.5. The molecule has 0 fully saturated rings. The Bertz CT molecular complexity index is 1570. The van der Waals surface area contributed by atoms with Crippen molar-refractivity contribution in [2.45, 2.75) is 40.6 Å². The number of esters is 1. The Kier molecular flexibility index (Phi) is 10.9. The standard InChI is InChI=1S/C35H35NO7/c1-4-39-35(38)33-25(3)16-31(40-20-26-11-6-5-7-12-26)18-32(33)42-21-27-13-9-15-30(17-27)41-22-28-14-8-10-24(2)34(28)43-23-29(37)19-36/h5-19,36H,4,20-23H2,1-3H3. The molecule has 0 saturated heterocycles. The molecule has 0 unspecified atom stereocenters. The molecule has 43 heavy (non-hydrogen) atoms. The molecule has 8 heteroatoms. The third-order valence-corrected chi connectivity index (χ3v) is 6.50. The van der Waals surface area contributed by atoms with Gasteiger partial charge in [0.05, 0.1) is 12.8 Å². The number of hydrogen-bond donors (Lipinski definition) is 1. The van der Waals surface area contributed by atoms with Crippen LogP contribution in [0, 0.1) is 19.3 Å². The van der Waals surface area contributed by atoms with Crippen LogP contribution in [0.4, 0.5) is 0 Å². The van der Waals surface area contributed by atoms with E-state index in [0.29, 0.717) is 40.7 Å². The highest BCUT2D eigenvalue weighted by Gasteiger charge is 2.19. The van der Waals surface area contributed by atoms with Crippen molar-refractivity contribution in [3.8, 4) is 23.0 Å². The number of ketones is 1. The Morgan fingerprint density at radius 2 is 1.44 bits per heavy atom. The molecule has 0 aliphatic rings. The smallest absolute Gasteiger partial charge is 0.342 e. The number of nitrogens with one attached hydrogen (secondary N) is 1. The molecule has 0 aliphatic heterocycles. The van der Waals surface area contributed by atoms with Crippen LogP contribution in [0.5, 0.6) is 23.0 Å². The molecule has 0 radical (unpaired) electrons. The van der Waals surface area contributed by atoms with Gasteiger partial charge in [-0.05, 0) is 61.2 Å². The Balaban J connectivity index is 1.47. The molecule has 222 valence electrons. The van der Waals surface area contributed by atoms with Gasteiger partial charge in [-0.25, -0.2) is 4.79 Å². The van der Waals surface area contributed by atoms with Gasteiger partial charge >= 0.3 is 5.97 Å². The van der Waals surface area contributed by atoms with Crippen molar-refractivity contribution < 1.29 is 33.3 Å². The van der Waals surface area contributed by atoms with Gasteiger partial charge in [0.25, 0.3) is 0 Å². The predicted molar refractivity (Wildman–Crippen MR) is 163 cm³/mol. The number of carbonyl (C=O) groups is 2. The summed E-state index contributed by atoms with van der Waals surface area (Å²) in [5, 5.41) is 7.09. The molecular formula is C35H35NO7. The second-order valence-corrected chi connectivity index (χ2v) is 9.80. The molecule has 0 saturated carbocycles. The quantitative estimate of drug-likeness (QED) is 0.121. The summed E-state index contributed by atoms with van der Waals surface area (Å²) in [5.74, 6) is 1.26. The summed E-state index contributed by atoms with van der Waals surface area (Å²) in [5.41, 5.74) is 4.55. The fourth-order valence-corrected chi connectivity index (χ4v) is 4.39. The monoisotopic (exact) mass is 581 g/mol. The van der Waals surface area contributed by atoms with Crippen LogP contribution in [-0.2, 0) is 29.4 Å². The summed E-state index contributed by atoms with van der Waals surface area (Å²) in [6.45, 7) is 6.29. The van der Waals surface area contributed by atoms with Gasteiger partial charge in [-0.1, -0.05) is 60.7 Å². The summed E-state index contributed by atoms with van der Waals surface area (Å²) in [6.07, 6.45) is 0.743. The van der Waals surface area contributed by atoms with Crippen LogP contribution >= 0.6 is 0 Å². The van der Waals surface area contributed by atoms with Crippen molar-refractivity contribution in [2.75, 3.05) is 13.2 Å². The predicted octanol–water partition coefficient (Wildman–Crippen LogP) is 6.81. The van der Waals surface area contributed by atoms with Crippen LogP contribution in [-0.4, -0.2) is 31.2 Å². The lowest BCUT2D eigenvalue weighted by atomic mass is 10.1. The zero-order valence-corrected chi connectivity index (χ0v) is 24.6. The molecule has 0 amide bonds. The van der Waals surface area contributed by atoms with Crippen molar-refractivity contribution in [3.63, 3.8) is 0 Å². The van der Waals surface area contributed by atoms with Gasteiger partial charge in [-0.2, -0.15) is 0 Å². The average molecular weight is 582 g/mol. The van der Waals surface area contributed by atoms with Crippen LogP contribution in [0.1, 0.15) is 45.1 Å². The maximum absolute atomic E-state index is 12.8. The van der Waals surface area contributed by atoms with Crippen molar-refractivity contribution in [3.05, 3.63) is 118 Å². The Morgan fingerprint density at radius 1 is 0.721 bits per heavy atom. The second kappa shape index (κ2) is 15.2. The summed E-state index contributed by atoms with van der Waals surface area (Å²) < 4.78 is 29.2. The van der Waals surface area contributed by atoms with E-state index in [0.717, 1.165) is 28.5 Å². The number of benzene rings is 4. The molecule has 1 N–H and O–H groups in total. The SMILES string of the molecule is CCOC(=O)c1c(C)cc(OCc2ccccc2)cc1OCc1cccc(OCc2cccc(C)c2OCC(=O)C=N)c1. The van der Waals surface area contributed by atoms with Gasteiger partial charge in [0.1, 0.15) is 48.4 Å². The highest BCUT2D eigenvalue weighted by Crippen LogP contribution is 2.31. The lowest BCUT2D eigenvalue weighted by Gasteiger charge is -2.16. The van der Waals surface area contributed by atoms with E-state index in [9.17, 15) is 9.59 Å². The first-order valence-electron chi connectivity index (χ1n) is 14.0. The van der Waals surface area contributed by atoms with E-state index in [1.165, 1.54) is 0 Å². The maximum Gasteiger partial charge on any atom is 0.342 e. The molecule has 0 atom stereocenters. The van der Waals surface area contributed by atoms with E-state index < -0.39 is 11.8 Å². The number of ether oxygens (including phenoxy) is 5. The van der Waals surface area contributed by atoms with Crippen molar-refractivity contribution in [2.24, 2.45) is 0 Å². The first-order valence-corrected chi connectivity index (χ1v) is 14.0. The van der Waals surface area contributed by atoms with Crippen LogP contribution in [0.2, 0.25) is 0 Å². The molecule has 0 spiro atoms. The van der Waals surface area contributed by atoms with Crippen molar-refractivity contribution in [1.82, 2.24) is 0 Å². The van der Waals surface area contributed by atoms with E-state index >= 15 is 0 Å². The average Bonchev–Trinajstić information content (AvgIpc) is 3.01. The molecule has 4 aromatic carbocycles. The third kappa shape index (κ3) is 8.69. The highest BCUT2D eigenvalue weighted by molar-refractivity contribution is 6.26. The zero-order chi connectivity index (χ0) is 30.6. The summed E-state index contributed by atoms with van der Waals surface area (Å²) in [6, 6.07) is 26.5. The minimum Gasteiger partial charge on any atom is -0.489 e. The second-order valence-electron chi connectivity index (χ2n) is 9.80. The molecule has 0 heterocycles. The fraction of sp³-hybridized carbons (Fsp3) is 0.229. The summed E-state index contributed by atoms with van der Waals surface area (Å²) >= 11 is 0. The van der Waals surface area contributed by atoms with Gasteiger partial charge < -0.3 is 29.1 Å². The molecule has 0 bridgehead atoms. The summed E-state index contributed by atoms with van der Waals surface area (Å²) in [7, 11) is 0. The van der Waals surface area contributed by atoms with Gasteiger partial charge in [-0.15, -0.1) is 0 Å². The lowest BCUT2D eigenvalue weighted by Crippen LogP contribution is -2.13. The Morgan fingerprint density at radius 3 is 2.21 bits per heavy atom. The number of aryl methyl sites for hydroxylation is 2. The van der Waals surface area contributed by atoms with E-state index in [4.69, 9.17) is 29.1 Å². The van der Waals surface area contributed by atoms with Gasteiger partial charge in [0.15, 0.2) is 6.61 Å². The van der Waals surface area contributed by atoms with Gasteiger partial charge in [0.2, 0.25) is 5.78 Å². The lowest BCUT2D eigenvalue weighted by molar-refractivity contribution is -0.114.